The van der Waals surface area contributed by atoms with Crippen LogP contribution in [0.5, 0.6) is 5.75 Å². The number of rotatable bonds is 4. The lowest BCUT2D eigenvalue weighted by Gasteiger charge is -2.23. The van der Waals surface area contributed by atoms with Crippen LogP contribution in [0.3, 0.4) is 0 Å². The first kappa shape index (κ1) is 19.1. The van der Waals surface area contributed by atoms with E-state index in [2.05, 4.69) is 41.2 Å². The van der Waals surface area contributed by atoms with Crippen LogP contribution in [0, 0.1) is 5.41 Å². The summed E-state index contributed by atoms with van der Waals surface area (Å²) in [6.45, 7) is 7.70. The largest absolute Gasteiger partial charge is 0.497 e. The molecule has 0 unspecified atom stereocenters. The molecule has 4 nitrogen and oxygen atoms in total. The van der Waals surface area contributed by atoms with Gasteiger partial charge in [0.05, 0.1) is 7.11 Å². The number of likely N-dealkylation sites (tertiary alicyclic amines) is 1. The van der Waals surface area contributed by atoms with Gasteiger partial charge in [-0.2, -0.15) is 0 Å². The Morgan fingerprint density at radius 2 is 2.00 bits per heavy atom. The van der Waals surface area contributed by atoms with Crippen LogP contribution in [0.1, 0.15) is 25.8 Å². The molecule has 0 aromatic heterocycles. The van der Waals surface area contributed by atoms with E-state index in [9.17, 15) is 0 Å². The first-order chi connectivity index (χ1) is 10.0. The molecule has 124 valence electrons. The molecule has 1 saturated heterocycles. The van der Waals surface area contributed by atoms with Crippen molar-refractivity contribution in [3.63, 3.8) is 0 Å². The molecule has 1 aliphatic rings. The fourth-order valence-corrected chi connectivity index (χ4v) is 2.74. The molecule has 0 bridgehead atoms. The van der Waals surface area contributed by atoms with Crippen molar-refractivity contribution in [2.45, 2.75) is 26.7 Å². The molecule has 0 radical (unpaired) electrons. The summed E-state index contributed by atoms with van der Waals surface area (Å²) in [7, 11) is 3.55. The van der Waals surface area contributed by atoms with E-state index in [1.54, 1.807) is 7.11 Å². The summed E-state index contributed by atoms with van der Waals surface area (Å²) in [6.07, 6.45) is 2.21. The zero-order chi connectivity index (χ0) is 15.3. The van der Waals surface area contributed by atoms with Crippen molar-refractivity contribution in [3.05, 3.63) is 29.8 Å². The third kappa shape index (κ3) is 5.34. The van der Waals surface area contributed by atoms with Crippen LogP contribution in [0.4, 0.5) is 0 Å². The molecule has 1 N–H and O–H groups in total. The zero-order valence-corrected chi connectivity index (χ0v) is 16.4. The van der Waals surface area contributed by atoms with Crippen molar-refractivity contribution in [1.29, 1.82) is 0 Å². The highest BCUT2D eigenvalue weighted by atomic mass is 127. The molecular weight excluding hydrogens is 389 g/mol. The molecule has 0 saturated carbocycles. The number of hydrogen-bond donors (Lipinski definition) is 1. The van der Waals surface area contributed by atoms with E-state index in [0.29, 0.717) is 5.41 Å². The average Bonchev–Trinajstić information content (AvgIpc) is 2.84. The molecule has 1 aliphatic heterocycles. The van der Waals surface area contributed by atoms with Gasteiger partial charge in [0.25, 0.3) is 0 Å². The number of nitrogens with one attached hydrogen (secondary N) is 1. The van der Waals surface area contributed by atoms with Gasteiger partial charge in [-0.15, -0.1) is 24.0 Å². The van der Waals surface area contributed by atoms with E-state index < -0.39 is 0 Å². The van der Waals surface area contributed by atoms with Crippen LogP contribution in [-0.2, 0) is 6.42 Å². The van der Waals surface area contributed by atoms with Crippen LogP contribution in [0.25, 0.3) is 0 Å². The van der Waals surface area contributed by atoms with Crippen molar-refractivity contribution in [2.75, 3.05) is 33.8 Å². The van der Waals surface area contributed by atoms with Crippen molar-refractivity contribution in [3.8, 4) is 5.75 Å². The first-order valence-electron chi connectivity index (χ1n) is 7.62. The Morgan fingerprint density at radius 3 is 2.50 bits per heavy atom. The Balaban J connectivity index is 0.00000242. The fourth-order valence-electron chi connectivity index (χ4n) is 2.74. The number of methoxy groups -OCH3 is 1. The molecule has 1 aromatic rings. The molecule has 1 fully saturated rings. The molecule has 2 rings (SSSR count). The summed E-state index contributed by atoms with van der Waals surface area (Å²) in [5.41, 5.74) is 1.70. The minimum absolute atomic E-state index is 0. The first-order valence-corrected chi connectivity index (χ1v) is 7.62. The topological polar surface area (TPSA) is 36.9 Å². The van der Waals surface area contributed by atoms with E-state index in [4.69, 9.17) is 4.74 Å². The number of aliphatic imine (C=N–C) groups is 1. The molecule has 1 aromatic carbocycles. The van der Waals surface area contributed by atoms with Gasteiger partial charge in [0.15, 0.2) is 5.96 Å². The lowest BCUT2D eigenvalue weighted by atomic mass is 9.93. The predicted octanol–water partition coefficient (Wildman–Crippen LogP) is 3.16. The monoisotopic (exact) mass is 417 g/mol. The number of guanidine groups is 1. The second-order valence-electron chi connectivity index (χ2n) is 6.41. The Bertz CT molecular complexity index is 485. The van der Waals surface area contributed by atoms with E-state index >= 15 is 0 Å². The summed E-state index contributed by atoms with van der Waals surface area (Å²) >= 11 is 0. The summed E-state index contributed by atoms with van der Waals surface area (Å²) in [6, 6.07) is 8.24. The normalized spacial score (nSPS) is 17.1. The molecule has 5 heteroatoms. The summed E-state index contributed by atoms with van der Waals surface area (Å²) in [4.78, 5) is 6.76. The minimum Gasteiger partial charge on any atom is -0.497 e. The molecule has 1 heterocycles. The van der Waals surface area contributed by atoms with Crippen LogP contribution >= 0.6 is 24.0 Å². The maximum absolute atomic E-state index is 5.17. The quantitative estimate of drug-likeness (QED) is 0.465. The Labute approximate surface area is 151 Å². The van der Waals surface area contributed by atoms with E-state index in [0.717, 1.165) is 37.8 Å². The fraction of sp³-hybridized carbons (Fsp3) is 0.588. The third-order valence-electron chi connectivity index (χ3n) is 4.04. The SMILES string of the molecule is CN=C(NCCc1ccc(OC)cc1)N1CCC(C)(C)C1.I. The van der Waals surface area contributed by atoms with Gasteiger partial charge in [-0.1, -0.05) is 26.0 Å². The standard InChI is InChI=1S/C17H27N3O.HI/c1-17(2)10-12-20(13-17)16(18-3)19-11-9-14-5-7-15(21-4)8-6-14;/h5-8H,9-13H2,1-4H3,(H,18,19);1H. The van der Waals surface area contributed by atoms with E-state index in [1.165, 1.54) is 12.0 Å². The van der Waals surface area contributed by atoms with Gasteiger partial charge in [-0.05, 0) is 36.0 Å². The van der Waals surface area contributed by atoms with Crippen molar-refractivity contribution >= 4 is 29.9 Å². The zero-order valence-electron chi connectivity index (χ0n) is 14.1. The summed E-state index contributed by atoms with van der Waals surface area (Å²) < 4.78 is 5.17. The van der Waals surface area contributed by atoms with Crippen molar-refractivity contribution in [1.82, 2.24) is 10.2 Å². The van der Waals surface area contributed by atoms with Crippen LogP contribution < -0.4 is 10.1 Å². The van der Waals surface area contributed by atoms with Gasteiger partial charge in [-0.25, -0.2) is 0 Å². The maximum atomic E-state index is 5.17. The van der Waals surface area contributed by atoms with Gasteiger partial charge < -0.3 is 15.0 Å². The number of hydrogen-bond acceptors (Lipinski definition) is 2. The van der Waals surface area contributed by atoms with E-state index in [-0.39, 0.29) is 24.0 Å². The van der Waals surface area contributed by atoms with Gasteiger partial charge >= 0.3 is 0 Å². The number of nitrogens with zero attached hydrogens (tertiary/aromatic N) is 2. The lowest BCUT2D eigenvalue weighted by Crippen LogP contribution is -2.41. The Kier molecular flexibility index (Phi) is 7.45. The third-order valence-corrected chi connectivity index (χ3v) is 4.04. The van der Waals surface area contributed by atoms with Crippen LogP contribution in [-0.4, -0.2) is 44.7 Å². The van der Waals surface area contributed by atoms with Gasteiger partial charge in [-0.3, -0.25) is 4.99 Å². The Hall–Kier alpha value is -0.980. The lowest BCUT2D eigenvalue weighted by molar-refractivity contribution is 0.370. The van der Waals surface area contributed by atoms with Crippen LogP contribution in [0.15, 0.2) is 29.3 Å². The van der Waals surface area contributed by atoms with Gasteiger partial charge in [0.1, 0.15) is 5.75 Å². The average molecular weight is 417 g/mol. The minimum atomic E-state index is 0. The molecular formula is C17H28IN3O. The summed E-state index contributed by atoms with van der Waals surface area (Å²) in [5, 5.41) is 3.47. The second kappa shape index (κ2) is 8.60. The smallest absolute Gasteiger partial charge is 0.193 e. The highest BCUT2D eigenvalue weighted by Gasteiger charge is 2.30. The van der Waals surface area contributed by atoms with E-state index in [1.807, 2.05) is 19.2 Å². The van der Waals surface area contributed by atoms with Crippen LogP contribution in [0.2, 0.25) is 0 Å². The highest BCUT2D eigenvalue weighted by molar-refractivity contribution is 14.0. The number of benzene rings is 1. The second-order valence-corrected chi connectivity index (χ2v) is 6.41. The summed E-state index contributed by atoms with van der Waals surface area (Å²) in [5.74, 6) is 1.93. The van der Waals surface area contributed by atoms with Gasteiger partial charge in [0.2, 0.25) is 0 Å². The number of halogens is 1. The Morgan fingerprint density at radius 1 is 1.32 bits per heavy atom. The van der Waals surface area contributed by atoms with Crippen molar-refractivity contribution < 1.29 is 4.74 Å². The number of ether oxygens (including phenoxy) is 1. The molecule has 0 spiro atoms. The molecule has 0 aliphatic carbocycles. The molecule has 0 atom stereocenters. The molecule has 0 amide bonds. The predicted molar refractivity (Wildman–Crippen MR) is 103 cm³/mol. The molecule has 22 heavy (non-hydrogen) atoms. The van der Waals surface area contributed by atoms with Gasteiger partial charge in [0, 0.05) is 26.7 Å². The highest BCUT2D eigenvalue weighted by Crippen LogP contribution is 2.28. The maximum Gasteiger partial charge on any atom is 0.193 e. The van der Waals surface area contributed by atoms with Crippen molar-refractivity contribution in [2.24, 2.45) is 10.4 Å².